The van der Waals surface area contributed by atoms with Crippen LogP contribution in [0, 0.1) is 5.92 Å². The van der Waals surface area contributed by atoms with Gasteiger partial charge in [-0.1, -0.05) is 27.7 Å². The van der Waals surface area contributed by atoms with E-state index in [1.54, 1.807) is 0 Å². The van der Waals surface area contributed by atoms with Crippen molar-refractivity contribution in [1.29, 1.82) is 0 Å². The largest absolute Gasteiger partial charge is 0.373 e. The molecule has 4 heteroatoms. The van der Waals surface area contributed by atoms with E-state index >= 15 is 0 Å². The van der Waals surface area contributed by atoms with E-state index in [1.165, 1.54) is 0 Å². The number of hydrogen-bond acceptors (Lipinski definition) is 4. The van der Waals surface area contributed by atoms with E-state index < -0.39 is 0 Å². The topological polar surface area (TPSA) is 37.8 Å². The minimum Gasteiger partial charge on any atom is -0.373 e. The fourth-order valence-electron chi connectivity index (χ4n) is 1.39. The van der Waals surface area contributed by atoms with Crippen LogP contribution in [0.25, 0.3) is 0 Å². The monoisotopic (exact) mass is 253 g/mol. The first-order valence-electron chi connectivity index (χ1n) is 6.16. The standard InChI is InChI=1S/C13H23N3S/c1-9(2)7-17-8-13-15-11(10(3)4)6-12(14-5)16-13/h6,9-10H,7-8H2,1-5H3,(H,14,15,16). The van der Waals surface area contributed by atoms with E-state index in [0.717, 1.165) is 34.8 Å². The van der Waals surface area contributed by atoms with Gasteiger partial charge in [-0.05, 0) is 17.6 Å². The van der Waals surface area contributed by atoms with Crippen LogP contribution in [0.5, 0.6) is 0 Å². The molecule has 0 atom stereocenters. The summed E-state index contributed by atoms with van der Waals surface area (Å²) in [5, 5.41) is 3.10. The molecule has 0 aliphatic rings. The molecule has 0 saturated carbocycles. The van der Waals surface area contributed by atoms with Gasteiger partial charge >= 0.3 is 0 Å². The zero-order valence-electron chi connectivity index (χ0n) is 11.4. The highest BCUT2D eigenvalue weighted by molar-refractivity contribution is 7.98. The van der Waals surface area contributed by atoms with E-state index in [0.29, 0.717) is 5.92 Å². The van der Waals surface area contributed by atoms with E-state index in [2.05, 4.69) is 43.0 Å². The highest BCUT2D eigenvalue weighted by atomic mass is 32.2. The molecule has 0 unspecified atom stereocenters. The Bertz CT molecular complexity index is 351. The maximum Gasteiger partial charge on any atom is 0.140 e. The van der Waals surface area contributed by atoms with Crippen LogP contribution < -0.4 is 5.32 Å². The fraction of sp³-hybridized carbons (Fsp3) is 0.692. The summed E-state index contributed by atoms with van der Waals surface area (Å²) in [6, 6.07) is 2.03. The van der Waals surface area contributed by atoms with Gasteiger partial charge in [-0.15, -0.1) is 0 Å². The number of nitrogens with one attached hydrogen (secondary N) is 1. The second-order valence-corrected chi connectivity index (χ2v) is 5.94. The zero-order valence-corrected chi connectivity index (χ0v) is 12.3. The number of thioether (sulfide) groups is 1. The Morgan fingerprint density at radius 1 is 1.24 bits per heavy atom. The molecule has 0 spiro atoms. The van der Waals surface area contributed by atoms with Gasteiger partial charge in [0, 0.05) is 18.8 Å². The van der Waals surface area contributed by atoms with Gasteiger partial charge in [-0.2, -0.15) is 11.8 Å². The van der Waals surface area contributed by atoms with Gasteiger partial charge in [0.05, 0.1) is 5.75 Å². The summed E-state index contributed by atoms with van der Waals surface area (Å²) in [7, 11) is 1.90. The maximum absolute atomic E-state index is 4.61. The first kappa shape index (κ1) is 14.3. The van der Waals surface area contributed by atoms with Gasteiger partial charge in [0.2, 0.25) is 0 Å². The van der Waals surface area contributed by atoms with Crippen molar-refractivity contribution in [3.63, 3.8) is 0 Å². The number of nitrogens with zero attached hydrogens (tertiary/aromatic N) is 2. The third kappa shape index (κ3) is 4.94. The van der Waals surface area contributed by atoms with E-state index in [1.807, 2.05) is 24.9 Å². The molecule has 1 aromatic heterocycles. The van der Waals surface area contributed by atoms with Crippen molar-refractivity contribution in [2.45, 2.75) is 39.4 Å². The van der Waals surface area contributed by atoms with Gasteiger partial charge in [0.15, 0.2) is 0 Å². The molecular formula is C13H23N3S. The SMILES string of the molecule is CNc1cc(C(C)C)nc(CSCC(C)C)n1. The quantitative estimate of drug-likeness (QED) is 0.841. The summed E-state index contributed by atoms with van der Waals surface area (Å²) in [6.45, 7) is 8.79. The first-order valence-corrected chi connectivity index (χ1v) is 7.31. The zero-order chi connectivity index (χ0) is 12.8. The van der Waals surface area contributed by atoms with Crippen LogP contribution in [-0.2, 0) is 5.75 Å². The van der Waals surface area contributed by atoms with Crippen molar-refractivity contribution in [3.05, 3.63) is 17.6 Å². The van der Waals surface area contributed by atoms with Crippen LogP contribution in [0.15, 0.2) is 6.07 Å². The first-order chi connectivity index (χ1) is 8.02. The van der Waals surface area contributed by atoms with Crippen LogP contribution in [0.1, 0.15) is 45.1 Å². The molecule has 17 heavy (non-hydrogen) atoms. The highest BCUT2D eigenvalue weighted by Gasteiger charge is 2.07. The lowest BCUT2D eigenvalue weighted by Crippen LogP contribution is -2.04. The average molecular weight is 253 g/mol. The Labute approximate surface area is 109 Å². The number of hydrogen-bond donors (Lipinski definition) is 1. The van der Waals surface area contributed by atoms with Gasteiger partial charge in [-0.3, -0.25) is 0 Å². The Kier molecular flexibility index (Phi) is 5.75. The molecule has 0 radical (unpaired) electrons. The summed E-state index contributed by atoms with van der Waals surface area (Å²) in [6.07, 6.45) is 0. The lowest BCUT2D eigenvalue weighted by molar-refractivity contribution is 0.749. The van der Waals surface area contributed by atoms with E-state index in [9.17, 15) is 0 Å². The molecule has 0 amide bonds. The predicted octanol–water partition coefficient (Wildman–Crippen LogP) is 3.53. The van der Waals surface area contributed by atoms with Gasteiger partial charge in [0.1, 0.15) is 11.6 Å². The number of anilines is 1. The van der Waals surface area contributed by atoms with E-state index in [-0.39, 0.29) is 0 Å². The van der Waals surface area contributed by atoms with Crippen LogP contribution in [-0.4, -0.2) is 22.8 Å². The lowest BCUT2D eigenvalue weighted by atomic mass is 10.1. The molecule has 0 aromatic carbocycles. The van der Waals surface area contributed by atoms with Crippen LogP contribution >= 0.6 is 11.8 Å². The fourth-order valence-corrected chi connectivity index (χ4v) is 2.29. The van der Waals surface area contributed by atoms with Crippen molar-refractivity contribution < 1.29 is 0 Å². The second-order valence-electron chi connectivity index (χ2n) is 4.91. The van der Waals surface area contributed by atoms with E-state index in [4.69, 9.17) is 0 Å². The van der Waals surface area contributed by atoms with Gasteiger partial charge < -0.3 is 5.32 Å². The third-order valence-corrected chi connectivity index (χ3v) is 3.69. The molecule has 1 heterocycles. The molecule has 0 fully saturated rings. The van der Waals surface area contributed by atoms with Gasteiger partial charge in [0.25, 0.3) is 0 Å². The summed E-state index contributed by atoms with van der Waals surface area (Å²) in [5.74, 6) is 5.07. The number of rotatable bonds is 6. The van der Waals surface area contributed by atoms with Gasteiger partial charge in [-0.25, -0.2) is 9.97 Å². The number of aromatic nitrogens is 2. The summed E-state index contributed by atoms with van der Waals surface area (Å²) >= 11 is 1.90. The molecule has 1 aromatic rings. The van der Waals surface area contributed by atoms with Crippen molar-refractivity contribution in [2.24, 2.45) is 5.92 Å². The Balaban J connectivity index is 2.73. The van der Waals surface area contributed by atoms with Crippen LogP contribution in [0.3, 0.4) is 0 Å². The Hall–Kier alpha value is -0.770. The summed E-state index contributed by atoms with van der Waals surface area (Å²) < 4.78 is 0. The molecule has 0 saturated heterocycles. The minimum absolute atomic E-state index is 0.443. The summed E-state index contributed by atoms with van der Waals surface area (Å²) in [4.78, 5) is 9.09. The highest BCUT2D eigenvalue weighted by Crippen LogP contribution is 2.18. The molecule has 1 rings (SSSR count). The molecule has 96 valence electrons. The van der Waals surface area contributed by atoms with Crippen molar-refractivity contribution >= 4 is 17.6 Å². The average Bonchev–Trinajstić information content (AvgIpc) is 2.28. The molecule has 3 nitrogen and oxygen atoms in total. The maximum atomic E-state index is 4.61. The van der Waals surface area contributed by atoms with Crippen LogP contribution in [0.4, 0.5) is 5.82 Å². The Morgan fingerprint density at radius 3 is 2.47 bits per heavy atom. The molecule has 0 aliphatic heterocycles. The smallest absolute Gasteiger partial charge is 0.140 e. The summed E-state index contributed by atoms with van der Waals surface area (Å²) in [5.41, 5.74) is 1.12. The molecule has 0 bridgehead atoms. The van der Waals surface area contributed by atoms with Crippen molar-refractivity contribution in [3.8, 4) is 0 Å². The second kappa shape index (κ2) is 6.84. The third-order valence-electron chi connectivity index (χ3n) is 2.32. The minimum atomic E-state index is 0.443. The Morgan fingerprint density at radius 2 is 1.94 bits per heavy atom. The molecule has 1 N–H and O–H groups in total. The predicted molar refractivity (Wildman–Crippen MR) is 76.7 cm³/mol. The molecular weight excluding hydrogens is 230 g/mol. The van der Waals surface area contributed by atoms with Crippen molar-refractivity contribution in [2.75, 3.05) is 18.1 Å². The normalized spacial score (nSPS) is 11.2. The molecule has 0 aliphatic carbocycles. The van der Waals surface area contributed by atoms with Crippen LogP contribution in [0.2, 0.25) is 0 Å². The van der Waals surface area contributed by atoms with Crippen molar-refractivity contribution in [1.82, 2.24) is 9.97 Å². The lowest BCUT2D eigenvalue weighted by Gasteiger charge is -2.10.